The van der Waals surface area contributed by atoms with E-state index in [4.69, 9.17) is 5.11 Å². The van der Waals surface area contributed by atoms with Crippen LogP contribution in [0.4, 0.5) is 0 Å². The second kappa shape index (κ2) is 6.43. The molecule has 0 spiro atoms. The number of carbonyl (C=O) groups excluding carboxylic acids is 1. The van der Waals surface area contributed by atoms with Crippen LogP contribution in [0, 0.1) is 23.7 Å². The third kappa shape index (κ3) is 3.05. The van der Waals surface area contributed by atoms with Crippen molar-refractivity contribution in [3.8, 4) is 11.8 Å². The number of aliphatic hydroxyl groups is 1. The van der Waals surface area contributed by atoms with E-state index in [0.29, 0.717) is 16.7 Å². The normalized spacial score (nSPS) is 26.0. The Labute approximate surface area is 124 Å². The third-order valence-electron chi connectivity index (χ3n) is 4.02. The molecule has 0 bridgehead atoms. The van der Waals surface area contributed by atoms with Crippen molar-refractivity contribution >= 4 is 17.2 Å². The van der Waals surface area contributed by atoms with Crippen molar-refractivity contribution in [2.24, 2.45) is 11.8 Å². The summed E-state index contributed by atoms with van der Waals surface area (Å²) in [6.07, 6.45) is 1.17. The average Bonchev–Trinajstić information content (AvgIpc) is 2.88. The molecule has 3 nitrogen and oxygen atoms in total. The number of piperidine rings is 1. The molecule has 1 fully saturated rings. The molecule has 1 saturated heterocycles. The average molecular weight is 291 g/mol. The maximum absolute atomic E-state index is 12.8. The molecule has 2 rings (SSSR count). The molecule has 2 heterocycles. The lowest BCUT2D eigenvalue weighted by molar-refractivity contribution is 0.0460. The van der Waals surface area contributed by atoms with Gasteiger partial charge in [0.25, 0.3) is 5.91 Å². The van der Waals surface area contributed by atoms with Crippen LogP contribution in [0.25, 0.3) is 0 Å². The quantitative estimate of drug-likeness (QED) is 0.808. The van der Waals surface area contributed by atoms with E-state index in [1.807, 2.05) is 16.3 Å². The van der Waals surface area contributed by atoms with Crippen molar-refractivity contribution in [2.75, 3.05) is 13.2 Å². The lowest BCUT2D eigenvalue weighted by Crippen LogP contribution is -2.48. The lowest BCUT2D eigenvalue weighted by atomic mass is 9.86. The molecular weight excluding hydrogens is 270 g/mol. The number of hydrogen-bond donors (Lipinski definition) is 1. The van der Waals surface area contributed by atoms with Gasteiger partial charge in [0.15, 0.2) is 0 Å². The summed E-state index contributed by atoms with van der Waals surface area (Å²) in [4.78, 5) is 15.4. The highest BCUT2D eigenvalue weighted by Gasteiger charge is 2.33. The van der Waals surface area contributed by atoms with Gasteiger partial charge in [-0.15, -0.1) is 11.3 Å². The van der Waals surface area contributed by atoms with Gasteiger partial charge in [-0.25, -0.2) is 0 Å². The molecule has 20 heavy (non-hydrogen) atoms. The minimum absolute atomic E-state index is 0.0770. The number of rotatable bonds is 1. The van der Waals surface area contributed by atoms with Crippen LogP contribution in [0.2, 0.25) is 0 Å². The second-order valence-corrected chi connectivity index (χ2v) is 6.56. The molecule has 0 aromatic carbocycles. The van der Waals surface area contributed by atoms with Crippen LogP contribution in [0.3, 0.4) is 0 Å². The summed E-state index contributed by atoms with van der Waals surface area (Å²) in [7, 11) is 0. The summed E-state index contributed by atoms with van der Waals surface area (Å²) in [6, 6.07) is 2.11. The lowest BCUT2D eigenvalue weighted by Gasteiger charge is -2.41. The minimum Gasteiger partial charge on any atom is -0.384 e. The highest BCUT2D eigenvalue weighted by Crippen LogP contribution is 2.29. The van der Waals surface area contributed by atoms with Crippen LogP contribution >= 0.6 is 11.3 Å². The van der Waals surface area contributed by atoms with Crippen molar-refractivity contribution in [1.29, 1.82) is 0 Å². The number of hydrogen-bond acceptors (Lipinski definition) is 3. The molecule has 1 N–H and O–H groups in total. The van der Waals surface area contributed by atoms with Gasteiger partial charge in [-0.2, -0.15) is 0 Å². The Morgan fingerprint density at radius 2 is 2.25 bits per heavy atom. The zero-order valence-electron chi connectivity index (χ0n) is 12.2. The van der Waals surface area contributed by atoms with E-state index in [1.54, 1.807) is 0 Å². The number of amides is 1. The zero-order valence-corrected chi connectivity index (χ0v) is 13.0. The summed E-state index contributed by atoms with van der Waals surface area (Å²) in [6.45, 7) is 7.17. The number of thiophene rings is 1. The maximum Gasteiger partial charge on any atom is 0.265 e. The van der Waals surface area contributed by atoms with Gasteiger partial charge in [0.2, 0.25) is 0 Å². The van der Waals surface area contributed by atoms with Crippen LogP contribution < -0.4 is 0 Å². The van der Waals surface area contributed by atoms with E-state index >= 15 is 0 Å². The third-order valence-corrected chi connectivity index (χ3v) is 4.92. The molecule has 0 aliphatic carbocycles. The molecule has 4 heteroatoms. The summed E-state index contributed by atoms with van der Waals surface area (Å²) < 4.78 is 0. The van der Waals surface area contributed by atoms with Crippen LogP contribution in [0.5, 0.6) is 0 Å². The smallest absolute Gasteiger partial charge is 0.265 e. The fourth-order valence-electron chi connectivity index (χ4n) is 2.82. The topological polar surface area (TPSA) is 40.5 Å². The van der Waals surface area contributed by atoms with Crippen LogP contribution in [0.15, 0.2) is 11.4 Å². The highest BCUT2D eigenvalue weighted by molar-refractivity contribution is 7.12. The Balaban J connectivity index is 2.24. The van der Waals surface area contributed by atoms with Crippen LogP contribution in [-0.4, -0.2) is 35.1 Å². The van der Waals surface area contributed by atoms with Gasteiger partial charge in [-0.1, -0.05) is 25.7 Å². The molecule has 3 unspecified atom stereocenters. The Morgan fingerprint density at radius 1 is 1.50 bits per heavy atom. The Bertz CT molecular complexity index is 540. The number of nitrogens with zero attached hydrogens (tertiary/aromatic N) is 1. The first-order chi connectivity index (χ1) is 9.54. The van der Waals surface area contributed by atoms with E-state index in [2.05, 4.69) is 32.6 Å². The first-order valence-electron chi connectivity index (χ1n) is 7.02. The van der Waals surface area contributed by atoms with Crippen LogP contribution in [0.1, 0.15) is 42.4 Å². The van der Waals surface area contributed by atoms with Gasteiger partial charge >= 0.3 is 0 Å². The number of likely N-dealkylation sites (tertiary alicyclic amines) is 1. The van der Waals surface area contributed by atoms with Gasteiger partial charge in [-0.05, 0) is 36.6 Å². The predicted molar refractivity (Wildman–Crippen MR) is 81.7 cm³/mol. The van der Waals surface area contributed by atoms with Crippen molar-refractivity contribution in [1.82, 2.24) is 4.90 Å². The molecule has 1 aromatic rings. The van der Waals surface area contributed by atoms with E-state index in [0.717, 1.165) is 12.1 Å². The van der Waals surface area contributed by atoms with E-state index < -0.39 is 0 Å². The van der Waals surface area contributed by atoms with Crippen molar-refractivity contribution in [3.63, 3.8) is 0 Å². The van der Waals surface area contributed by atoms with Gasteiger partial charge in [0, 0.05) is 18.2 Å². The minimum atomic E-state index is -0.183. The molecule has 1 aliphatic rings. The zero-order chi connectivity index (χ0) is 14.7. The standard InChI is InChI=1S/C16H21NO2S/c1-11-9-12(2)13(3)17(10-11)16(19)15-14(5-4-7-18)6-8-20-15/h6,8,11-13,18H,7,9-10H2,1-3H3. The molecule has 108 valence electrons. The van der Waals surface area contributed by atoms with E-state index in [9.17, 15) is 4.79 Å². The Kier molecular flexibility index (Phi) is 4.85. The van der Waals surface area contributed by atoms with Crippen molar-refractivity contribution in [2.45, 2.75) is 33.2 Å². The molecule has 1 aliphatic heterocycles. The SMILES string of the molecule is CC1CC(C)C(C)N(C(=O)c2sccc2C#CCO)C1. The maximum atomic E-state index is 12.8. The van der Waals surface area contributed by atoms with Gasteiger partial charge < -0.3 is 10.0 Å². The predicted octanol–water partition coefficient (Wildman–Crippen LogP) is 2.60. The second-order valence-electron chi connectivity index (χ2n) is 5.64. The summed E-state index contributed by atoms with van der Waals surface area (Å²) in [5.41, 5.74) is 0.729. The molecule has 0 saturated carbocycles. The molecule has 1 aromatic heterocycles. The molecule has 1 amide bonds. The monoisotopic (exact) mass is 291 g/mol. The van der Waals surface area contributed by atoms with Crippen LogP contribution in [-0.2, 0) is 0 Å². The fraction of sp³-hybridized carbons (Fsp3) is 0.562. The number of carbonyl (C=O) groups is 1. The summed E-state index contributed by atoms with van der Waals surface area (Å²) in [5.74, 6) is 6.62. The first-order valence-corrected chi connectivity index (χ1v) is 7.90. The fourth-order valence-corrected chi connectivity index (χ4v) is 3.63. The van der Waals surface area contributed by atoms with E-state index in [-0.39, 0.29) is 18.6 Å². The molecular formula is C16H21NO2S. The molecule has 0 radical (unpaired) electrons. The Morgan fingerprint density at radius 3 is 2.95 bits per heavy atom. The van der Waals surface area contributed by atoms with Gasteiger partial charge in [-0.3, -0.25) is 4.79 Å². The summed E-state index contributed by atoms with van der Waals surface area (Å²) in [5, 5.41) is 10.7. The highest BCUT2D eigenvalue weighted by atomic mass is 32.1. The largest absolute Gasteiger partial charge is 0.384 e. The van der Waals surface area contributed by atoms with Crippen molar-refractivity contribution in [3.05, 3.63) is 21.9 Å². The number of aliphatic hydroxyl groups excluding tert-OH is 1. The molecule has 3 atom stereocenters. The first kappa shape index (κ1) is 15.1. The van der Waals surface area contributed by atoms with E-state index in [1.165, 1.54) is 17.8 Å². The van der Waals surface area contributed by atoms with Crippen molar-refractivity contribution < 1.29 is 9.90 Å². The van der Waals surface area contributed by atoms with Gasteiger partial charge in [0.1, 0.15) is 11.5 Å². The summed E-state index contributed by atoms with van der Waals surface area (Å²) >= 11 is 1.43. The van der Waals surface area contributed by atoms with Gasteiger partial charge in [0.05, 0.1) is 0 Å². The Hall–Kier alpha value is -1.31.